The Kier molecular flexibility index (Phi) is 4.15. The number of amides is 1. The topological polar surface area (TPSA) is 73.1 Å². The molecule has 0 N–H and O–H groups in total. The summed E-state index contributed by atoms with van der Waals surface area (Å²) in [4.78, 5) is 22.8. The Labute approximate surface area is 128 Å². The van der Waals surface area contributed by atoms with Gasteiger partial charge in [-0.3, -0.25) is 14.5 Å². The van der Waals surface area contributed by atoms with Crippen molar-refractivity contribution in [2.75, 3.05) is 20.3 Å². The van der Waals surface area contributed by atoms with Crippen molar-refractivity contribution in [3.05, 3.63) is 41.7 Å². The predicted octanol–water partition coefficient (Wildman–Crippen LogP) is 0.900. The molecule has 0 aromatic carbocycles. The molecule has 116 valence electrons. The molecule has 1 unspecified atom stereocenters. The zero-order valence-electron chi connectivity index (χ0n) is 12.8. The predicted molar refractivity (Wildman–Crippen MR) is 79.1 cm³/mol. The highest BCUT2D eigenvalue weighted by Crippen LogP contribution is 2.17. The molecule has 7 nitrogen and oxygen atoms in total. The number of aromatic nitrogens is 4. The van der Waals surface area contributed by atoms with Gasteiger partial charge >= 0.3 is 0 Å². The number of aryl methyl sites for hydroxylation is 1. The molecule has 3 rings (SSSR count). The van der Waals surface area contributed by atoms with Crippen LogP contribution in [0.4, 0.5) is 0 Å². The smallest absolute Gasteiger partial charge is 0.274 e. The van der Waals surface area contributed by atoms with E-state index in [1.165, 1.54) is 6.20 Å². The molecule has 2 aromatic heterocycles. The Balaban J connectivity index is 1.85. The van der Waals surface area contributed by atoms with Crippen LogP contribution in [-0.2, 0) is 17.8 Å². The second-order valence-electron chi connectivity index (χ2n) is 5.55. The van der Waals surface area contributed by atoms with E-state index in [1.54, 1.807) is 24.4 Å². The largest absolute Gasteiger partial charge is 0.384 e. The second-order valence-corrected chi connectivity index (χ2v) is 5.55. The lowest BCUT2D eigenvalue weighted by Crippen LogP contribution is -2.35. The number of carbonyl (C=O) groups is 1. The maximum Gasteiger partial charge on any atom is 0.274 e. The SMILES string of the molecule is COCC1CN(C(=O)c2cnc(C)cn2)Cc2ccnn2C1. The van der Waals surface area contributed by atoms with E-state index in [2.05, 4.69) is 15.1 Å². The van der Waals surface area contributed by atoms with Gasteiger partial charge in [0.15, 0.2) is 0 Å². The van der Waals surface area contributed by atoms with E-state index in [1.807, 2.05) is 17.7 Å². The second kappa shape index (κ2) is 6.23. The number of hydrogen-bond donors (Lipinski definition) is 0. The van der Waals surface area contributed by atoms with Crippen molar-refractivity contribution in [3.63, 3.8) is 0 Å². The van der Waals surface area contributed by atoms with Crippen LogP contribution in [0.15, 0.2) is 24.7 Å². The molecule has 0 saturated heterocycles. The fourth-order valence-electron chi connectivity index (χ4n) is 2.69. The molecule has 1 amide bonds. The third-order valence-corrected chi connectivity index (χ3v) is 3.76. The summed E-state index contributed by atoms with van der Waals surface area (Å²) in [6, 6.07) is 1.94. The third kappa shape index (κ3) is 2.99. The molecule has 0 fully saturated rings. The minimum atomic E-state index is -0.108. The summed E-state index contributed by atoms with van der Waals surface area (Å²) < 4.78 is 7.21. The molecular weight excluding hydrogens is 282 g/mol. The fourth-order valence-corrected chi connectivity index (χ4v) is 2.69. The van der Waals surface area contributed by atoms with Gasteiger partial charge in [0.1, 0.15) is 5.69 Å². The number of fused-ring (bicyclic) bond motifs is 1. The summed E-state index contributed by atoms with van der Waals surface area (Å²) in [5, 5.41) is 4.32. The van der Waals surface area contributed by atoms with E-state index in [4.69, 9.17) is 4.74 Å². The van der Waals surface area contributed by atoms with Gasteiger partial charge in [0, 0.05) is 38.5 Å². The number of nitrogens with zero attached hydrogens (tertiary/aromatic N) is 5. The fraction of sp³-hybridized carbons (Fsp3) is 0.467. The zero-order valence-corrected chi connectivity index (χ0v) is 12.8. The first-order valence-corrected chi connectivity index (χ1v) is 7.25. The summed E-state index contributed by atoms with van der Waals surface area (Å²) >= 11 is 0. The van der Waals surface area contributed by atoms with Gasteiger partial charge in [-0.25, -0.2) is 4.98 Å². The highest BCUT2D eigenvalue weighted by Gasteiger charge is 2.26. The average molecular weight is 301 g/mol. The van der Waals surface area contributed by atoms with Crippen molar-refractivity contribution >= 4 is 5.91 Å². The van der Waals surface area contributed by atoms with E-state index >= 15 is 0 Å². The molecule has 1 atom stereocenters. The number of carbonyl (C=O) groups excluding carboxylic acids is 1. The van der Waals surface area contributed by atoms with Gasteiger partial charge in [-0.2, -0.15) is 5.10 Å². The number of rotatable bonds is 3. The summed E-state index contributed by atoms with van der Waals surface area (Å²) in [6.07, 6.45) is 4.91. The van der Waals surface area contributed by atoms with Crippen LogP contribution in [0.1, 0.15) is 21.9 Å². The molecule has 2 aromatic rings. The molecule has 7 heteroatoms. The number of methoxy groups -OCH3 is 1. The maximum atomic E-state index is 12.7. The van der Waals surface area contributed by atoms with E-state index in [0.717, 1.165) is 17.9 Å². The van der Waals surface area contributed by atoms with Crippen molar-refractivity contribution in [1.29, 1.82) is 0 Å². The Bertz CT molecular complexity index is 652. The quantitative estimate of drug-likeness (QED) is 0.842. The summed E-state index contributed by atoms with van der Waals surface area (Å²) in [5.74, 6) is 0.0942. The van der Waals surface area contributed by atoms with Crippen molar-refractivity contribution in [3.8, 4) is 0 Å². The van der Waals surface area contributed by atoms with Crippen LogP contribution in [0.3, 0.4) is 0 Å². The lowest BCUT2D eigenvalue weighted by atomic mass is 10.1. The molecule has 0 saturated carbocycles. The zero-order chi connectivity index (χ0) is 15.5. The van der Waals surface area contributed by atoms with Crippen LogP contribution in [0.2, 0.25) is 0 Å². The number of ether oxygens (including phenoxy) is 1. The molecule has 0 spiro atoms. The Morgan fingerprint density at radius 2 is 2.23 bits per heavy atom. The molecule has 0 aliphatic carbocycles. The highest BCUT2D eigenvalue weighted by molar-refractivity contribution is 5.92. The van der Waals surface area contributed by atoms with Gasteiger partial charge in [-0.1, -0.05) is 0 Å². The number of hydrogen-bond acceptors (Lipinski definition) is 5. The van der Waals surface area contributed by atoms with Gasteiger partial charge in [0.2, 0.25) is 0 Å². The first-order chi connectivity index (χ1) is 10.7. The van der Waals surface area contributed by atoms with Crippen LogP contribution < -0.4 is 0 Å². The van der Waals surface area contributed by atoms with Crippen molar-refractivity contribution in [2.24, 2.45) is 5.92 Å². The van der Waals surface area contributed by atoms with Crippen LogP contribution >= 0.6 is 0 Å². The maximum absolute atomic E-state index is 12.7. The first kappa shape index (κ1) is 14.6. The Morgan fingerprint density at radius 3 is 2.95 bits per heavy atom. The molecule has 3 heterocycles. The van der Waals surface area contributed by atoms with Crippen LogP contribution in [0.5, 0.6) is 0 Å². The van der Waals surface area contributed by atoms with Crippen LogP contribution in [0.25, 0.3) is 0 Å². The Hall–Kier alpha value is -2.28. The van der Waals surface area contributed by atoms with E-state index in [-0.39, 0.29) is 11.8 Å². The summed E-state index contributed by atoms with van der Waals surface area (Å²) in [6.45, 7) is 4.32. The van der Waals surface area contributed by atoms with Gasteiger partial charge in [0.25, 0.3) is 5.91 Å². The van der Waals surface area contributed by atoms with Gasteiger partial charge in [-0.15, -0.1) is 0 Å². The first-order valence-electron chi connectivity index (χ1n) is 7.25. The summed E-state index contributed by atoms with van der Waals surface area (Å²) in [7, 11) is 1.67. The van der Waals surface area contributed by atoms with Gasteiger partial charge in [0.05, 0.1) is 30.7 Å². The van der Waals surface area contributed by atoms with Gasteiger partial charge < -0.3 is 9.64 Å². The molecule has 1 aliphatic rings. The normalized spacial score (nSPS) is 17.9. The van der Waals surface area contributed by atoms with Crippen molar-refractivity contribution in [1.82, 2.24) is 24.6 Å². The third-order valence-electron chi connectivity index (χ3n) is 3.76. The van der Waals surface area contributed by atoms with Crippen LogP contribution in [-0.4, -0.2) is 50.8 Å². The standard InChI is InChI=1S/C15H19N5O2/c1-11-5-17-14(6-16-11)15(21)19-7-12(10-22-2)8-20-13(9-19)3-4-18-20/h3-6,12H,7-10H2,1-2H3. The van der Waals surface area contributed by atoms with Crippen LogP contribution in [0, 0.1) is 12.8 Å². The van der Waals surface area contributed by atoms with E-state index in [9.17, 15) is 4.79 Å². The molecule has 0 bridgehead atoms. The minimum absolute atomic E-state index is 0.108. The molecule has 1 aliphatic heterocycles. The molecule has 22 heavy (non-hydrogen) atoms. The summed E-state index contributed by atoms with van der Waals surface area (Å²) in [5.41, 5.74) is 2.18. The van der Waals surface area contributed by atoms with E-state index in [0.29, 0.717) is 25.4 Å². The van der Waals surface area contributed by atoms with Gasteiger partial charge in [-0.05, 0) is 13.0 Å². The van der Waals surface area contributed by atoms with Crippen molar-refractivity contribution in [2.45, 2.75) is 20.0 Å². The van der Waals surface area contributed by atoms with E-state index < -0.39 is 0 Å². The molecular formula is C15H19N5O2. The lowest BCUT2D eigenvalue weighted by Gasteiger charge is -2.23. The monoisotopic (exact) mass is 301 g/mol. The average Bonchev–Trinajstić information content (AvgIpc) is 2.86. The van der Waals surface area contributed by atoms with Crippen molar-refractivity contribution < 1.29 is 9.53 Å². The highest BCUT2D eigenvalue weighted by atomic mass is 16.5. The minimum Gasteiger partial charge on any atom is -0.384 e. The lowest BCUT2D eigenvalue weighted by molar-refractivity contribution is 0.0660. The Morgan fingerprint density at radius 1 is 1.36 bits per heavy atom. The molecule has 0 radical (unpaired) electrons.